The quantitative estimate of drug-likeness (QED) is 0.167. The summed E-state index contributed by atoms with van der Waals surface area (Å²) in [5.74, 6) is 2.66. The summed E-state index contributed by atoms with van der Waals surface area (Å²) in [6, 6.07) is 9.66. The fraction of sp³-hybridized carbons (Fsp3) is 0.789. The van der Waals surface area contributed by atoms with E-state index in [0.29, 0.717) is 59.8 Å². The van der Waals surface area contributed by atoms with Crippen LogP contribution in [0.1, 0.15) is 103 Å². The Hall–Kier alpha value is -1.96. The van der Waals surface area contributed by atoms with Crippen LogP contribution in [0.25, 0.3) is 0 Å². The van der Waals surface area contributed by atoms with E-state index in [4.69, 9.17) is 10.5 Å². The summed E-state index contributed by atoms with van der Waals surface area (Å²) in [5, 5.41) is 18.6. The average molecular weight is 624 g/mol. The maximum atomic E-state index is 13.1. The van der Waals surface area contributed by atoms with Gasteiger partial charge in [-0.25, -0.2) is 4.79 Å². The molecule has 0 aromatic heterocycles. The molecule has 1 aromatic carbocycles. The molecular weight excluding hydrogens is 562 g/mol. The molecule has 0 heterocycles. The zero-order chi connectivity index (χ0) is 32.2. The molecule has 1 aromatic rings. The molecule has 0 unspecified atom stereocenters. The van der Waals surface area contributed by atoms with Gasteiger partial charge in [0, 0.05) is 18.9 Å². The molecular formula is C38H61N3O4. The number of fused-ring (bicyclic) bond motifs is 5. The maximum Gasteiger partial charge on any atom is 0.328 e. The van der Waals surface area contributed by atoms with Gasteiger partial charge < -0.3 is 26.2 Å². The second-order valence-electron chi connectivity index (χ2n) is 15.8. The summed E-state index contributed by atoms with van der Waals surface area (Å²) >= 11 is 0. The van der Waals surface area contributed by atoms with Gasteiger partial charge in [0.05, 0.1) is 13.2 Å². The molecule has 4 aliphatic rings. The number of aliphatic hydroxyl groups excluding tert-OH is 1. The summed E-state index contributed by atoms with van der Waals surface area (Å²) in [6.07, 6.45) is 13.2. The molecule has 5 rings (SSSR count). The Labute approximate surface area is 272 Å². The van der Waals surface area contributed by atoms with E-state index in [9.17, 15) is 14.7 Å². The first kappa shape index (κ1) is 34.4. The Morgan fingerprint density at radius 3 is 2.49 bits per heavy atom. The molecule has 252 valence electrons. The summed E-state index contributed by atoms with van der Waals surface area (Å²) in [6.45, 7) is 9.24. The lowest BCUT2D eigenvalue weighted by molar-refractivity contribution is -0.167. The van der Waals surface area contributed by atoms with Gasteiger partial charge >= 0.3 is 5.97 Å². The molecule has 4 fully saturated rings. The van der Waals surface area contributed by atoms with E-state index in [0.717, 1.165) is 44.3 Å². The van der Waals surface area contributed by atoms with Gasteiger partial charge in [0.1, 0.15) is 6.04 Å². The van der Waals surface area contributed by atoms with E-state index in [-0.39, 0.29) is 17.4 Å². The van der Waals surface area contributed by atoms with E-state index in [1.165, 1.54) is 52.1 Å². The number of unbranched alkanes of at least 4 members (excludes halogenated alkanes) is 1. The van der Waals surface area contributed by atoms with Crippen molar-refractivity contribution in [3.63, 3.8) is 0 Å². The fourth-order valence-corrected chi connectivity index (χ4v) is 11.0. The number of nitrogens with one attached hydrogen (secondary N) is 2. The van der Waals surface area contributed by atoms with Gasteiger partial charge in [-0.15, -0.1) is 0 Å². The highest BCUT2D eigenvalue weighted by Crippen LogP contribution is 2.68. The molecule has 4 aliphatic carbocycles. The Morgan fingerprint density at radius 2 is 1.76 bits per heavy atom. The first-order chi connectivity index (χ1) is 21.6. The van der Waals surface area contributed by atoms with E-state index in [2.05, 4.69) is 31.4 Å². The van der Waals surface area contributed by atoms with Gasteiger partial charge in [-0.2, -0.15) is 0 Å². The summed E-state index contributed by atoms with van der Waals surface area (Å²) in [7, 11) is 1.37. The van der Waals surface area contributed by atoms with Crippen LogP contribution in [0, 0.1) is 46.3 Å². The largest absolute Gasteiger partial charge is 0.467 e. The van der Waals surface area contributed by atoms with Crippen LogP contribution in [0.4, 0.5) is 0 Å². The van der Waals surface area contributed by atoms with Crippen LogP contribution in [0.3, 0.4) is 0 Å². The SMILES string of the molecule is COC(=O)[C@H](Cc1ccccc1)NC(=O)CC[C@@H](C)[C@H]1CC[C@H]2[C@@H]3[C@H](O)C[C@@H]4C[C@@H](NCCCCN)CC[C@]4(C)[C@H]3CC[C@]12C. The lowest BCUT2D eigenvalue weighted by atomic mass is 9.43. The topological polar surface area (TPSA) is 114 Å². The number of aliphatic hydroxyl groups is 1. The van der Waals surface area contributed by atoms with E-state index in [1.54, 1.807) is 0 Å². The number of ether oxygens (including phenoxy) is 1. The van der Waals surface area contributed by atoms with Gasteiger partial charge in [0.15, 0.2) is 0 Å². The van der Waals surface area contributed by atoms with Gasteiger partial charge in [-0.1, -0.05) is 51.1 Å². The van der Waals surface area contributed by atoms with Gasteiger partial charge in [-0.05, 0) is 136 Å². The van der Waals surface area contributed by atoms with Crippen molar-refractivity contribution in [2.45, 2.75) is 122 Å². The van der Waals surface area contributed by atoms with Crippen molar-refractivity contribution in [2.75, 3.05) is 20.2 Å². The average Bonchev–Trinajstić information content (AvgIpc) is 3.39. The van der Waals surface area contributed by atoms with Crippen molar-refractivity contribution >= 4 is 11.9 Å². The minimum absolute atomic E-state index is 0.0808. The molecule has 11 atom stereocenters. The van der Waals surface area contributed by atoms with Gasteiger partial charge in [-0.3, -0.25) is 4.79 Å². The maximum absolute atomic E-state index is 13.1. The molecule has 1 amide bonds. The van der Waals surface area contributed by atoms with Crippen LogP contribution in [0.15, 0.2) is 30.3 Å². The number of nitrogens with two attached hydrogens (primary N) is 1. The van der Waals surface area contributed by atoms with Crippen molar-refractivity contribution < 1.29 is 19.4 Å². The summed E-state index contributed by atoms with van der Waals surface area (Å²) in [4.78, 5) is 25.6. The number of rotatable bonds is 13. The number of benzene rings is 1. The van der Waals surface area contributed by atoms with Crippen molar-refractivity contribution in [2.24, 2.45) is 52.1 Å². The van der Waals surface area contributed by atoms with E-state index < -0.39 is 12.0 Å². The predicted octanol–water partition coefficient (Wildman–Crippen LogP) is 5.63. The Kier molecular flexibility index (Phi) is 11.3. The molecule has 0 spiro atoms. The molecule has 4 saturated carbocycles. The van der Waals surface area contributed by atoms with E-state index >= 15 is 0 Å². The molecule has 45 heavy (non-hydrogen) atoms. The summed E-state index contributed by atoms with van der Waals surface area (Å²) < 4.78 is 5.00. The van der Waals surface area contributed by atoms with Crippen LogP contribution in [-0.2, 0) is 20.7 Å². The zero-order valence-electron chi connectivity index (χ0n) is 28.4. The third-order valence-electron chi connectivity index (χ3n) is 13.4. The Bertz CT molecular complexity index is 1130. The molecule has 0 bridgehead atoms. The minimum Gasteiger partial charge on any atom is -0.467 e. The Balaban J connectivity index is 1.17. The second kappa shape index (κ2) is 14.9. The third kappa shape index (κ3) is 7.31. The van der Waals surface area contributed by atoms with Crippen LogP contribution in [0.2, 0.25) is 0 Å². The number of carbonyl (C=O) groups excluding carboxylic acids is 2. The molecule has 0 saturated heterocycles. The lowest BCUT2D eigenvalue weighted by Gasteiger charge is -2.62. The normalized spacial score (nSPS) is 37.1. The van der Waals surface area contributed by atoms with Crippen molar-refractivity contribution in [1.82, 2.24) is 10.6 Å². The zero-order valence-corrected chi connectivity index (χ0v) is 28.4. The molecule has 7 nitrogen and oxygen atoms in total. The number of methoxy groups -OCH3 is 1. The van der Waals surface area contributed by atoms with Crippen LogP contribution in [0.5, 0.6) is 0 Å². The highest BCUT2D eigenvalue weighted by molar-refractivity contribution is 5.84. The van der Waals surface area contributed by atoms with Crippen LogP contribution < -0.4 is 16.4 Å². The van der Waals surface area contributed by atoms with E-state index in [1.807, 2.05) is 30.3 Å². The van der Waals surface area contributed by atoms with Crippen molar-refractivity contribution in [3.05, 3.63) is 35.9 Å². The Morgan fingerprint density at radius 1 is 1.02 bits per heavy atom. The van der Waals surface area contributed by atoms with Crippen molar-refractivity contribution in [1.29, 1.82) is 0 Å². The number of carbonyl (C=O) groups is 2. The minimum atomic E-state index is -0.677. The highest BCUT2D eigenvalue weighted by atomic mass is 16.5. The fourth-order valence-electron chi connectivity index (χ4n) is 11.0. The van der Waals surface area contributed by atoms with Crippen LogP contribution >= 0.6 is 0 Å². The second-order valence-corrected chi connectivity index (χ2v) is 15.8. The third-order valence-corrected chi connectivity index (χ3v) is 13.4. The van der Waals surface area contributed by atoms with Crippen molar-refractivity contribution in [3.8, 4) is 0 Å². The first-order valence-corrected chi connectivity index (χ1v) is 18.1. The molecule has 0 aliphatic heterocycles. The number of hydrogen-bond donors (Lipinski definition) is 4. The first-order valence-electron chi connectivity index (χ1n) is 18.1. The lowest BCUT2D eigenvalue weighted by Crippen LogP contribution is -2.59. The van der Waals surface area contributed by atoms with Crippen LogP contribution in [-0.4, -0.2) is 55.4 Å². The standard InChI is InChI=1S/C38H61N3O4/c1-25(12-15-34(43)41-32(36(44)45-4)22-26-10-6-5-7-11-26)29-13-14-30-35-31(17-19-38(29,30)3)37(2)18-16-28(40-21-9-8-20-39)23-27(37)24-33(35)42/h5-7,10-11,25,27-33,35,40,42H,8-9,12-24,39H2,1-4H3,(H,41,43)/t25-,27+,28+,29-,30+,31+,32+,33-,35+,37+,38-/m1/s1. The molecule has 5 N–H and O–H groups in total. The number of amides is 1. The van der Waals surface area contributed by atoms with Gasteiger partial charge in [0.25, 0.3) is 0 Å². The molecule has 7 heteroatoms. The number of esters is 1. The smallest absolute Gasteiger partial charge is 0.328 e. The highest BCUT2D eigenvalue weighted by Gasteiger charge is 2.62. The summed E-state index contributed by atoms with van der Waals surface area (Å²) in [5.41, 5.74) is 7.23. The molecule has 0 radical (unpaired) electrons. The predicted molar refractivity (Wildman–Crippen MR) is 179 cm³/mol. The van der Waals surface area contributed by atoms with Gasteiger partial charge in [0.2, 0.25) is 5.91 Å². The monoisotopic (exact) mass is 623 g/mol. The number of hydrogen-bond acceptors (Lipinski definition) is 6.